The third-order valence-corrected chi connectivity index (χ3v) is 4.94. The number of methoxy groups -OCH3 is 1. The van der Waals surface area contributed by atoms with Gasteiger partial charge in [-0.15, -0.1) is 11.6 Å². The highest BCUT2D eigenvalue weighted by atomic mass is 79.9. The van der Waals surface area contributed by atoms with Crippen LogP contribution in [0.5, 0.6) is 5.75 Å². The summed E-state index contributed by atoms with van der Waals surface area (Å²) in [6, 6.07) is 6.09. The standard InChI is InChI=1S/C15H20BrClO2/c1-15(2)9-11(15)14(17)10-4-5-13(12(16)8-10)19-7-6-18-3/h4-5,8,11,14H,6-7,9H2,1-3H3. The number of rotatable bonds is 6. The molecule has 2 nitrogen and oxygen atoms in total. The first kappa shape index (κ1) is 15.1. The topological polar surface area (TPSA) is 18.5 Å². The average molecular weight is 348 g/mol. The molecule has 0 bridgehead atoms. The average Bonchev–Trinajstić information content (AvgIpc) is 3.00. The normalized spacial score (nSPS) is 22.1. The van der Waals surface area contributed by atoms with Crippen LogP contribution in [0.25, 0.3) is 0 Å². The summed E-state index contributed by atoms with van der Waals surface area (Å²) >= 11 is 10.1. The Balaban J connectivity index is 2.02. The third kappa shape index (κ3) is 3.65. The van der Waals surface area contributed by atoms with Crippen LogP contribution in [0.15, 0.2) is 22.7 Å². The highest BCUT2D eigenvalue weighted by molar-refractivity contribution is 9.10. The summed E-state index contributed by atoms with van der Waals surface area (Å²) in [5, 5.41) is 0.0827. The van der Waals surface area contributed by atoms with Crippen molar-refractivity contribution in [3.63, 3.8) is 0 Å². The van der Waals surface area contributed by atoms with E-state index in [1.54, 1.807) is 7.11 Å². The molecule has 2 atom stereocenters. The molecule has 1 fully saturated rings. The molecular weight excluding hydrogens is 328 g/mol. The lowest BCUT2D eigenvalue weighted by molar-refractivity contribution is 0.146. The third-order valence-electron chi connectivity index (χ3n) is 3.76. The first-order chi connectivity index (χ1) is 8.95. The van der Waals surface area contributed by atoms with Gasteiger partial charge in [0.25, 0.3) is 0 Å². The van der Waals surface area contributed by atoms with E-state index in [1.807, 2.05) is 6.07 Å². The van der Waals surface area contributed by atoms with E-state index in [0.29, 0.717) is 24.5 Å². The van der Waals surface area contributed by atoms with Crippen molar-refractivity contribution in [2.24, 2.45) is 11.3 Å². The van der Waals surface area contributed by atoms with Crippen LogP contribution < -0.4 is 4.74 Å². The van der Waals surface area contributed by atoms with Crippen molar-refractivity contribution in [3.8, 4) is 5.75 Å². The van der Waals surface area contributed by atoms with E-state index in [0.717, 1.165) is 15.8 Å². The minimum absolute atomic E-state index is 0.0827. The van der Waals surface area contributed by atoms with Gasteiger partial charge in [-0.2, -0.15) is 0 Å². The molecule has 2 unspecified atom stereocenters. The monoisotopic (exact) mass is 346 g/mol. The highest BCUT2D eigenvalue weighted by Gasteiger charge is 2.49. The first-order valence-corrected chi connectivity index (χ1v) is 7.74. The zero-order valence-corrected chi connectivity index (χ0v) is 13.9. The Morgan fingerprint density at radius 1 is 1.42 bits per heavy atom. The fourth-order valence-corrected chi connectivity index (χ4v) is 3.36. The minimum Gasteiger partial charge on any atom is -0.490 e. The maximum atomic E-state index is 6.56. The predicted octanol–water partition coefficient (Wildman–Crippen LogP) is 4.80. The van der Waals surface area contributed by atoms with Crippen LogP contribution >= 0.6 is 27.5 Å². The largest absolute Gasteiger partial charge is 0.490 e. The molecule has 0 N–H and O–H groups in total. The van der Waals surface area contributed by atoms with Gasteiger partial charge in [0.1, 0.15) is 12.4 Å². The molecule has 1 aliphatic rings. The zero-order valence-electron chi connectivity index (χ0n) is 11.6. The Bertz CT molecular complexity index is 448. The molecule has 0 saturated heterocycles. The Kier molecular flexibility index (Phi) is 4.80. The molecule has 0 aromatic heterocycles. The van der Waals surface area contributed by atoms with Crippen molar-refractivity contribution in [1.82, 2.24) is 0 Å². The molecule has 19 heavy (non-hydrogen) atoms. The second-order valence-corrected chi connectivity index (χ2v) is 7.06. The van der Waals surface area contributed by atoms with Gasteiger partial charge in [0.05, 0.1) is 16.5 Å². The molecule has 0 radical (unpaired) electrons. The van der Waals surface area contributed by atoms with Gasteiger partial charge in [-0.3, -0.25) is 0 Å². The van der Waals surface area contributed by atoms with Crippen LogP contribution in [0.1, 0.15) is 31.2 Å². The Hall–Kier alpha value is -0.250. The summed E-state index contributed by atoms with van der Waals surface area (Å²) in [6.45, 7) is 5.67. The molecule has 4 heteroatoms. The molecule has 0 amide bonds. The van der Waals surface area contributed by atoms with Gasteiger partial charge in [0, 0.05) is 7.11 Å². The van der Waals surface area contributed by atoms with Gasteiger partial charge in [-0.1, -0.05) is 19.9 Å². The number of ether oxygens (including phenoxy) is 2. The molecule has 1 aromatic rings. The van der Waals surface area contributed by atoms with Crippen LogP contribution in [-0.2, 0) is 4.74 Å². The maximum absolute atomic E-state index is 6.56. The molecule has 1 aliphatic carbocycles. The fraction of sp³-hybridized carbons (Fsp3) is 0.600. The van der Waals surface area contributed by atoms with Crippen molar-refractivity contribution in [2.75, 3.05) is 20.3 Å². The summed E-state index contributed by atoms with van der Waals surface area (Å²) in [7, 11) is 1.66. The zero-order chi connectivity index (χ0) is 14.0. The van der Waals surface area contributed by atoms with E-state index in [-0.39, 0.29) is 5.38 Å². The van der Waals surface area contributed by atoms with Crippen LogP contribution in [0.2, 0.25) is 0 Å². The second-order valence-electron chi connectivity index (χ2n) is 5.73. The second kappa shape index (κ2) is 6.02. The maximum Gasteiger partial charge on any atom is 0.133 e. The van der Waals surface area contributed by atoms with Crippen LogP contribution in [-0.4, -0.2) is 20.3 Å². The van der Waals surface area contributed by atoms with Crippen LogP contribution in [0.3, 0.4) is 0 Å². The number of alkyl halides is 1. The summed E-state index contributed by atoms with van der Waals surface area (Å²) in [6.07, 6.45) is 1.20. The molecule has 106 valence electrons. The Morgan fingerprint density at radius 2 is 2.11 bits per heavy atom. The fourth-order valence-electron chi connectivity index (χ4n) is 2.28. The lowest BCUT2D eigenvalue weighted by Crippen LogP contribution is -2.05. The number of hydrogen-bond acceptors (Lipinski definition) is 2. The highest BCUT2D eigenvalue weighted by Crippen LogP contribution is 2.60. The predicted molar refractivity (Wildman–Crippen MR) is 82.0 cm³/mol. The molecule has 0 aliphatic heterocycles. The summed E-state index contributed by atoms with van der Waals surface area (Å²) in [4.78, 5) is 0. The van der Waals surface area contributed by atoms with Gasteiger partial charge in [-0.25, -0.2) is 0 Å². The van der Waals surface area contributed by atoms with Gasteiger partial charge >= 0.3 is 0 Å². The SMILES string of the molecule is COCCOc1ccc(C(Cl)C2CC2(C)C)cc1Br. The van der Waals surface area contributed by atoms with Crippen LogP contribution in [0.4, 0.5) is 0 Å². The number of benzene rings is 1. The Labute approximate surface area is 128 Å². The van der Waals surface area contributed by atoms with E-state index < -0.39 is 0 Å². The molecule has 0 spiro atoms. The lowest BCUT2D eigenvalue weighted by atomic mass is 10.0. The summed E-state index contributed by atoms with van der Waals surface area (Å²) < 4.78 is 11.5. The molecular formula is C15H20BrClO2. The van der Waals surface area contributed by atoms with Crippen molar-refractivity contribution in [1.29, 1.82) is 0 Å². The van der Waals surface area contributed by atoms with Crippen molar-refractivity contribution >= 4 is 27.5 Å². The minimum atomic E-state index is 0.0827. The lowest BCUT2D eigenvalue weighted by Gasteiger charge is -2.14. The van der Waals surface area contributed by atoms with E-state index >= 15 is 0 Å². The van der Waals surface area contributed by atoms with Gasteiger partial charge < -0.3 is 9.47 Å². The van der Waals surface area contributed by atoms with E-state index in [1.165, 1.54) is 6.42 Å². The van der Waals surface area contributed by atoms with E-state index in [9.17, 15) is 0 Å². The first-order valence-electron chi connectivity index (χ1n) is 6.51. The Morgan fingerprint density at radius 3 is 2.63 bits per heavy atom. The molecule has 1 aromatic carbocycles. The molecule has 1 saturated carbocycles. The van der Waals surface area contributed by atoms with E-state index in [4.69, 9.17) is 21.1 Å². The number of hydrogen-bond donors (Lipinski definition) is 0. The van der Waals surface area contributed by atoms with Crippen molar-refractivity contribution < 1.29 is 9.47 Å². The van der Waals surface area contributed by atoms with Gasteiger partial charge in [0.2, 0.25) is 0 Å². The quantitative estimate of drug-likeness (QED) is 0.543. The van der Waals surface area contributed by atoms with Crippen LogP contribution in [0, 0.1) is 11.3 Å². The van der Waals surface area contributed by atoms with Gasteiger partial charge in [-0.05, 0) is 51.4 Å². The summed E-state index contributed by atoms with van der Waals surface area (Å²) in [5.74, 6) is 1.40. The van der Waals surface area contributed by atoms with Crippen molar-refractivity contribution in [2.45, 2.75) is 25.6 Å². The summed E-state index contributed by atoms with van der Waals surface area (Å²) in [5.41, 5.74) is 1.54. The molecule has 0 heterocycles. The van der Waals surface area contributed by atoms with Crippen molar-refractivity contribution in [3.05, 3.63) is 28.2 Å². The van der Waals surface area contributed by atoms with E-state index in [2.05, 4.69) is 41.9 Å². The molecule has 2 rings (SSSR count). The van der Waals surface area contributed by atoms with Gasteiger partial charge in [0.15, 0.2) is 0 Å². The smallest absolute Gasteiger partial charge is 0.133 e. The number of halogens is 2.